The quantitative estimate of drug-likeness (QED) is 0.300. The molecule has 33 heavy (non-hydrogen) atoms. The molecule has 0 saturated heterocycles. The van der Waals surface area contributed by atoms with Gasteiger partial charge in [-0.05, 0) is 43.4 Å². The number of urea groups is 1. The van der Waals surface area contributed by atoms with Crippen molar-refractivity contribution in [2.45, 2.75) is 39.0 Å². The van der Waals surface area contributed by atoms with Crippen molar-refractivity contribution in [3.05, 3.63) is 66.1 Å². The minimum atomic E-state index is -0.295. The standard InChI is InChI=1S/C25H31N7O/c1-2-3-14-27-17-20(16-26)22-18-29-21-12-13-23(31-24(21)30-22)32-25(33)28-15-8-7-11-19-9-5-4-6-10-19/h4-6,9-10,12-13,16-18H,2-3,7-8,11,14-15,26H2,1H3,(H2,28,30,31,32,33). The molecule has 0 aliphatic carbocycles. The normalized spacial score (nSPS) is 11.7. The summed E-state index contributed by atoms with van der Waals surface area (Å²) in [6.45, 7) is 3.45. The van der Waals surface area contributed by atoms with E-state index in [0.29, 0.717) is 34.8 Å². The van der Waals surface area contributed by atoms with Crippen LogP contribution in [0.3, 0.4) is 0 Å². The first-order valence-corrected chi connectivity index (χ1v) is 11.3. The Bertz CT molecular complexity index is 1100. The van der Waals surface area contributed by atoms with E-state index in [1.165, 1.54) is 11.8 Å². The second-order valence-electron chi connectivity index (χ2n) is 7.63. The highest BCUT2D eigenvalue weighted by atomic mass is 16.2. The monoisotopic (exact) mass is 445 g/mol. The summed E-state index contributed by atoms with van der Waals surface area (Å²) in [5, 5.41) is 5.63. The number of rotatable bonds is 11. The summed E-state index contributed by atoms with van der Waals surface area (Å²) in [7, 11) is 0. The smallest absolute Gasteiger partial charge is 0.320 e. The Morgan fingerprint density at radius 2 is 1.94 bits per heavy atom. The van der Waals surface area contributed by atoms with Gasteiger partial charge in [0.15, 0.2) is 5.65 Å². The second-order valence-corrected chi connectivity index (χ2v) is 7.63. The molecular weight excluding hydrogens is 414 g/mol. The van der Waals surface area contributed by atoms with E-state index >= 15 is 0 Å². The van der Waals surface area contributed by atoms with Crippen LogP contribution in [0, 0.1) is 0 Å². The van der Waals surface area contributed by atoms with Crippen molar-refractivity contribution < 1.29 is 4.79 Å². The Morgan fingerprint density at radius 1 is 1.09 bits per heavy atom. The Labute approximate surface area is 194 Å². The number of unbranched alkanes of at least 4 members (excludes halogenated alkanes) is 2. The average molecular weight is 446 g/mol. The Hall–Kier alpha value is -3.81. The first-order valence-electron chi connectivity index (χ1n) is 11.3. The summed E-state index contributed by atoms with van der Waals surface area (Å²) in [6, 6.07) is 13.5. The number of anilines is 1. The number of carbonyl (C=O) groups is 1. The first-order chi connectivity index (χ1) is 16.2. The van der Waals surface area contributed by atoms with Gasteiger partial charge in [-0.3, -0.25) is 15.3 Å². The molecule has 0 aliphatic heterocycles. The van der Waals surface area contributed by atoms with Gasteiger partial charge in [-0.25, -0.2) is 14.8 Å². The first kappa shape index (κ1) is 23.8. The minimum Gasteiger partial charge on any atom is -0.404 e. The number of aromatic nitrogens is 3. The van der Waals surface area contributed by atoms with Gasteiger partial charge in [-0.15, -0.1) is 0 Å². The average Bonchev–Trinajstić information content (AvgIpc) is 2.84. The highest BCUT2D eigenvalue weighted by Crippen LogP contribution is 2.15. The number of aryl methyl sites for hydroxylation is 1. The zero-order valence-corrected chi connectivity index (χ0v) is 19.0. The summed E-state index contributed by atoms with van der Waals surface area (Å²) in [5.41, 5.74) is 9.37. The fraction of sp³-hybridized carbons (Fsp3) is 0.320. The molecule has 2 aromatic heterocycles. The van der Waals surface area contributed by atoms with E-state index in [4.69, 9.17) is 5.73 Å². The molecule has 0 atom stereocenters. The molecule has 2 heterocycles. The molecule has 8 nitrogen and oxygen atoms in total. The molecule has 0 unspecified atom stereocenters. The number of hydrogen-bond acceptors (Lipinski definition) is 6. The molecule has 4 N–H and O–H groups in total. The third-order valence-corrected chi connectivity index (χ3v) is 5.02. The maximum Gasteiger partial charge on any atom is 0.320 e. The summed E-state index contributed by atoms with van der Waals surface area (Å²) in [4.78, 5) is 30.0. The van der Waals surface area contributed by atoms with Crippen LogP contribution >= 0.6 is 0 Å². The van der Waals surface area contributed by atoms with Gasteiger partial charge in [-0.2, -0.15) is 0 Å². The van der Waals surface area contributed by atoms with Gasteiger partial charge < -0.3 is 11.1 Å². The van der Waals surface area contributed by atoms with Crippen molar-refractivity contribution >= 4 is 34.8 Å². The van der Waals surface area contributed by atoms with E-state index in [2.05, 4.69) is 49.6 Å². The van der Waals surface area contributed by atoms with Crippen LogP contribution in [0.15, 0.2) is 59.9 Å². The molecule has 3 rings (SSSR count). The molecule has 0 saturated carbocycles. The number of nitrogens with zero attached hydrogens (tertiary/aromatic N) is 4. The molecule has 0 bridgehead atoms. The van der Waals surface area contributed by atoms with Crippen LogP contribution in [0.5, 0.6) is 0 Å². The summed E-state index contributed by atoms with van der Waals surface area (Å²) in [5.74, 6) is 0.408. The van der Waals surface area contributed by atoms with E-state index in [-0.39, 0.29) is 6.03 Å². The summed E-state index contributed by atoms with van der Waals surface area (Å²) in [6.07, 6.45) is 9.81. The number of nitrogens with one attached hydrogen (secondary N) is 2. The fourth-order valence-corrected chi connectivity index (χ4v) is 3.17. The predicted molar refractivity (Wildman–Crippen MR) is 134 cm³/mol. The molecule has 0 radical (unpaired) electrons. The molecule has 1 aromatic carbocycles. The molecule has 0 spiro atoms. The van der Waals surface area contributed by atoms with Gasteiger partial charge in [-0.1, -0.05) is 43.7 Å². The number of allylic oxidation sites excluding steroid dienone is 1. The highest BCUT2D eigenvalue weighted by Gasteiger charge is 2.08. The second kappa shape index (κ2) is 12.9. The van der Waals surface area contributed by atoms with Gasteiger partial charge >= 0.3 is 6.03 Å². The van der Waals surface area contributed by atoms with Crippen molar-refractivity contribution in [2.75, 3.05) is 18.4 Å². The molecule has 0 aliphatic rings. The maximum absolute atomic E-state index is 12.2. The SMILES string of the molecule is CCCCN=CC(=CN)c1cnc2ccc(NC(=O)NCCCCc3ccccc3)nc2n1. The van der Waals surface area contributed by atoms with Crippen LogP contribution in [0.1, 0.15) is 43.9 Å². The van der Waals surface area contributed by atoms with Crippen LogP contribution in [-0.2, 0) is 6.42 Å². The molecular formula is C25H31N7O. The van der Waals surface area contributed by atoms with Crippen LogP contribution < -0.4 is 16.4 Å². The topological polar surface area (TPSA) is 118 Å². The zero-order chi connectivity index (χ0) is 23.3. The molecule has 172 valence electrons. The minimum absolute atomic E-state index is 0.295. The van der Waals surface area contributed by atoms with Gasteiger partial charge in [0.1, 0.15) is 11.3 Å². The van der Waals surface area contributed by atoms with Crippen LogP contribution in [-0.4, -0.2) is 40.3 Å². The molecule has 8 heteroatoms. The van der Waals surface area contributed by atoms with Crippen molar-refractivity contribution in [3.8, 4) is 0 Å². The number of carbonyl (C=O) groups excluding carboxylic acids is 1. The van der Waals surface area contributed by atoms with E-state index in [1.807, 2.05) is 18.2 Å². The van der Waals surface area contributed by atoms with Crippen molar-refractivity contribution in [1.82, 2.24) is 20.3 Å². The van der Waals surface area contributed by atoms with E-state index in [1.54, 1.807) is 24.5 Å². The maximum atomic E-state index is 12.2. The number of benzene rings is 1. The van der Waals surface area contributed by atoms with Crippen LogP contribution in [0.25, 0.3) is 16.7 Å². The molecule has 0 fully saturated rings. The number of amides is 2. The zero-order valence-electron chi connectivity index (χ0n) is 19.0. The van der Waals surface area contributed by atoms with Gasteiger partial charge in [0, 0.05) is 31.1 Å². The Kier molecular flexibility index (Phi) is 9.32. The van der Waals surface area contributed by atoms with Gasteiger partial charge in [0.2, 0.25) is 0 Å². The number of hydrogen-bond donors (Lipinski definition) is 3. The molecule has 3 aromatic rings. The number of aliphatic imine (C=N–C) groups is 1. The lowest BCUT2D eigenvalue weighted by Crippen LogP contribution is -2.29. The summed E-state index contributed by atoms with van der Waals surface area (Å²) >= 11 is 0. The van der Waals surface area contributed by atoms with Gasteiger partial charge in [0.25, 0.3) is 0 Å². The summed E-state index contributed by atoms with van der Waals surface area (Å²) < 4.78 is 0. The van der Waals surface area contributed by atoms with E-state index in [9.17, 15) is 4.79 Å². The lowest BCUT2D eigenvalue weighted by molar-refractivity contribution is 0.252. The third kappa shape index (κ3) is 7.68. The molecule has 2 amide bonds. The lowest BCUT2D eigenvalue weighted by atomic mass is 10.1. The Morgan fingerprint density at radius 3 is 2.73 bits per heavy atom. The van der Waals surface area contributed by atoms with Crippen molar-refractivity contribution in [2.24, 2.45) is 10.7 Å². The largest absolute Gasteiger partial charge is 0.404 e. The van der Waals surface area contributed by atoms with E-state index < -0.39 is 0 Å². The third-order valence-electron chi connectivity index (χ3n) is 5.02. The van der Waals surface area contributed by atoms with Crippen molar-refractivity contribution in [3.63, 3.8) is 0 Å². The van der Waals surface area contributed by atoms with Gasteiger partial charge in [0.05, 0.1) is 11.9 Å². The Balaban J connectivity index is 1.53. The van der Waals surface area contributed by atoms with Crippen LogP contribution in [0.2, 0.25) is 0 Å². The fourth-order valence-electron chi connectivity index (χ4n) is 3.17. The van der Waals surface area contributed by atoms with E-state index in [0.717, 1.165) is 38.6 Å². The predicted octanol–water partition coefficient (Wildman–Crippen LogP) is 4.34. The number of fused-ring (bicyclic) bond motifs is 1. The number of pyridine rings is 1. The van der Waals surface area contributed by atoms with Crippen LogP contribution in [0.4, 0.5) is 10.6 Å². The lowest BCUT2D eigenvalue weighted by Gasteiger charge is -2.08. The van der Waals surface area contributed by atoms with Crippen molar-refractivity contribution in [1.29, 1.82) is 0 Å². The highest BCUT2D eigenvalue weighted by molar-refractivity contribution is 6.09. The number of nitrogens with two attached hydrogens (primary N) is 1.